The smallest absolute Gasteiger partial charge is 0.337 e. The molecule has 0 saturated carbocycles. The molecule has 3 aromatic carbocycles. The van der Waals surface area contributed by atoms with Crippen molar-refractivity contribution in [1.82, 2.24) is 10.5 Å². The summed E-state index contributed by atoms with van der Waals surface area (Å²) in [5.74, 6) is -0.613. The zero-order valence-corrected chi connectivity index (χ0v) is 16.8. The zero-order valence-electron chi connectivity index (χ0n) is 16.0. The summed E-state index contributed by atoms with van der Waals surface area (Å²) in [7, 11) is 1.37. The van der Waals surface area contributed by atoms with Crippen molar-refractivity contribution in [3.63, 3.8) is 0 Å². The summed E-state index contributed by atoms with van der Waals surface area (Å²) < 4.78 is 19.0. The van der Waals surface area contributed by atoms with Crippen LogP contribution in [0.4, 0.5) is 15.8 Å². The molecule has 2 N–H and O–H groups in total. The molecule has 0 bridgehead atoms. The summed E-state index contributed by atoms with van der Waals surface area (Å²) >= 11 is 1.57. The minimum absolute atomic E-state index is 0.262. The van der Waals surface area contributed by atoms with Crippen molar-refractivity contribution < 1.29 is 13.9 Å². The number of hydrogen-bond acceptors (Lipinski definition) is 7. The number of halogens is 1. The molecule has 1 aliphatic rings. The summed E-state index contributed by atoms with van der Waals surface area (Å²) in [5, 5.41) is 2.83. The molecule has 5 rings (SSSR count). The van der Waals surface area contributed by atoms with E-state index in [1.807, 2.05) is 29.3 Å². The van der Waals surface area contributed by atoms with Gasteiger partial charge in [-0.2, -0.15) is 0 Å². The van der Waals surface area contributed by atoms with Gasteiger partial charge in [-0.15, -0.1) is 16.9 Å². The lowest BCUT2D eigenvalue weighted by atomic mass is 10.1. The van der Waals surface area contributed by atoms with E-state index in [2.05, 4.69) is 11.0 Å². The van der Waals surface area contributed by atoms with Crippen molar-refractivity contribution in [2.24, 2.45) is 0 Å². The molecular formula is C22H17FN4O2S. The average molecular weight is 420 g/mol. The third-order valence-electron chi connectivity index (χ3n) is 4.95. The molecule has 150 valence electrons. The number of methoxy groups -OCH3 is 1. The second-order valence-electron chi connectivity index (χ2n) is 6.84. The predicted molar refractivity (Wildman–Crippen MR) is 116 cm³/mol. The number of anilines is 2. The van der Waals surface area contributed by atoms with Crippen LogP contribution in [0, 0.1) is 5.82 Å². The quantitative estimate of drug-likeness (QED) is 0.465. The first-order chi connectivity index (χ1) is 14.6. The van der Waals surface area contributed by atoms with Gasteiger partial charge in [0.25, 0.3) is 0 Å². The van der Waals surface area contributed by atoms with Gasteiger partial charge in [-0.25, -0.2) is 14.2 Å². The second kappa shape index (κ2) is 7.40. The molecule has 1 aromatic heterocycles. The fraction of sp³-hybridized carbons (Fsp3) is 0.0909. The van der Waals surface area contributed by atoms with E-state index in [1.165, 1.54) is 19.2 Å². The van der Waals surface area contributed by atoms with Crippen LogP contribution in [-0.2, 0) is 11.3 Å². The first-order valence-corrected chi connectivity index (χ1v) is 10.1. The Morgan fingerprint density at radius 2 is 1.87 bits per heavy atom. The van der Waals surface area contributed by atoms with Crippen molar-refractivity contribution >= 4 is 38.9 Å². The molecule has 0 aliphatic carbocycles. The van der Waals surface area contributed by atoms with Crippen LogP contribution in [0.25, 0.3) is 20.8 Å². The minimum Gasteiger partial charge on any atom is -0.465 e. The standard InChI is InChI=1S/C22H17FN4O2S/c1-29-22(28)15-4-2-13(3-5-15)12-27-17-10-11-18-20(19(17)25-26-27)24-21(30-18)14-6-8-16(23)9-7-14/h2-11,25-26H,12H2,1H3. The molecular weight excluding hydrogens is 403 g/mol. The van der Waals surface area contributed by atoms with Crippen molar-refractivity contribution in [3.05, 3.63) is 77.6 Å². The highest BCUT2D eigenvalue weighted by Crippen LogP contribution is 2.40. The van der Waals surface area contributed by atoms with Gasteiger partial charge >= 0.3 is 5.97 Å². The summed E-state index contributed by atoms with van der Waals surface area (Å²) in [6.45, 7) is 0.599. The maximum absolute atomic E-state index is 13.2. The van der Waals surface area contributed by atoms with Gasteiger partial charge in [0.15, 0.2) is 0 Å². The Morgan fingerprint density at radius 3 is 2.60 bits per heavy atom. The van der Waals surface area contributed by atoms with Crippen LogP contribution in [-0.4, -0.2) is 18.1 Å². The van der Waals surface area contributed by atoms with Crippen LogP contribution >= 0.6 is 11.3 Å². The van der Waals surface area contributed by atoms with Gasteiger partial charge in [-0.05, 0) is 54.1 Å². The fourth-order valence-corrected chi connectivity index (χ4v) is 4.38. The number of carbonyl (C=O) groups excluding carboxylic acids is 1. The molecule has 0 saturated heterocycles. The number of fused-ring (bicyclic) bond motifs is 3. The Morgan fingerprint density at radius 1 is 1.10 bits per heavy atom. The van der Waals surface area contributed by atoms with Gasteiger partial charge in [0, 0.05) is 5.56 Å². The number of rotatable bonds is 4. The SMILES string of the molecule is COC(=O)c1ccc(CN2NNc3c2ccc2sc(-c4ccc(F)cc4)nc32)cc1. The number of hydrogen-bond donors (Lipinski definition) is 2. The summed E-state index contributed by atoms with van der Waals surface area (Å²) in [6.07, 6.45) is 0. The Balaban J connectivity index is 1.42. The Bertz CT molecular complexity index is 1240. The molecule has 0 fully saturated rings. The Labute approximate surface area is 175 Å². The van der Waals surface area contributed by atoms with Crippen LogP contribution in [0.15, 0.2) is 60.7 Å². The molecule has 1 aliphatic heterocycles. The summed E-state index contributed by atoms with van der Waals surface area (Å²) in [6, 6.07) is 17.8. The molecule has 8 heteroatoms. The second-order valence-corrected chi connectivity index (χ2v) is 7.87. The number of aromatic nitrogens is 1. The highest BCUT2D eigenvalue weighted by Gasteiger charge is 2.23. The Kier molecular flexibility index (Phi) is 4.57. The van der Waals surface area contributed by atoms with E-state index in [4.69, 9.17) is 9.72 Å². The minimum atomic E-state index is -0.351. The summed E-state index contributed by atoms with van der Waals surface area (Å²) in [4.78, 5) is 16.4. The molecule has 0 amide bonds. The maximum Gasteiger partial charge on any atom is 0.337 e. The molecule has 30 heavy (non-hydrogen) atoms. The van der Waals surface area contributed by atoms with E-state index in [-0.39, 0.29) is 11.8 Å². The van der Waals surface area contributed by atoms with Crippen LogP contribution in [0.5, 0.6) is 0 Å². The molecule has 4 aromatic rings. The number of thiazole rings is 1. The lowest BCUT2D eigenvalue weighted by molar-refractivity contribution is 0.0600. The van der Waals surface area contributed by atoms with E-state index in [0.717, 1.165) is 37.7 Å². The molecule has 0 radical (unpaired) electrons. The maximum atomic E-state index is 13.2. The van der Waals surface area contributed by atoms with Crippen LogP contribution in [0.3, 0.4) is 0 Å². The van der Waals surface area contributed by atoms with Crippen LogP contribution < -0.4 is 16.0 Å². The number of nitrogens with zero attached hydrogens (tertiary/aromatic N) is 2. The zero-order chi connectivity index (χ0) is 20.7. The van der Waals surface area contributed by atoms with E-state index >= 15 is 0 Å². The predicted octanol–water partition coefficient (Wildman–Crippen LogP) is 4.74. The van der Waals surface area contributed by atoms with Crippen molar-refractivity contribution in [3.8, 4) is 10.6 Å². The number of carbonyl (C=O) groups is 1. The van der Waals surface area contributed by atoms with E-state index in [9.17, 15) is 9.18 Å². The summed E-state index contributed by atoms with van der Waals surface area (Å²) in [5.41, 5.74) is 11.6. The van der Waals surface area contributed by atoms with Gasteiger partial charge in [-0.1, -0.05) is 12.1 Å². The van der Waals surface area contributed by atoms with E-state index in [1.54, 1.807) is 35.6 Å². The van der Waals surface area contributed by atoms with Crippen LogP contribution in [0.2, 0.25) is 0 Å². The van der Waals surface area contributed by atoms with Crippen molar-refractivity contribution in [1.29, 1.82) is 0 Å². The molecule has 6 nitrogen and oxygen atoms in total. The number of esters is 1. The number of nitrogens with one attached hydrogen (secondary N) is 2. The monoisotopic (exact) mass is 420 g/mol. The fourth-order valence-electron chi connectivity index (χ4n) is 3.40. The lowest BCUT2D eigenvalue weighted by Crippen LogP contribution is -2.35. The number of ether oxygens (including phenoxy) is 1. The van der Waals surface area contributed by atoms with Gasteiger partial charge in [0.2, 0.25) is 0 Å². The van der Waals surface area contributed by atoms with Gasteiger partial charge < -0.3 is 4.74 Å². The van der Waals surface area contributed by atoms with Gasteiger partial charge in [0.05, 0.1) is 29.6 Å². The van der Waals surface area contributed by atoms with Crippen molar-refractivity contribution in [2.45, 2.75) is 6.54 Å². The van der Waals surface area contributed by atoms with Crippen molar-refractivity contribution in [2.75, 3.05) is 17.5 Å². The third kappa shape index (κ3) is 3.26. The topological polar surface area (TPSA) is 66.5 Å². The lowest BCUT2D eigenvalue weighted by Gasteiger charge is -2.18. The highest BCUT2D eigenvalue weighted by atomic mass is 32.1. The van der Waals surface area contributed by atoms with Gasteiger partial charge in [-0.3, -0.25) is 10.4 Å². The normalized spacial score (nSPS) is 12.7. The highest BCUT2D eigenvalue weighted by molar-refractivity contribution is 7.21. The largest absolute Gasteiger partial charge is 0.465 e. The van der Waals surface area contributed by atoms with E-state index < -0.39 is 0 Å². The third-order valence-corrected chi connectivity index (χ3v) is 6.02. The molecule has 2 heterocycles. The van der Waals surface area contributed by atoms with Crippen LogP contribution in [0.1, 0.15) is 15.9 Å². The molecule has 0 spiro atoms. The first-order valence-electron chi connectivity index (χ1n) is 9.28. The number of hydrazine groups is 2. The average Bonchev–Trinajstić information content (AvgIpc) is 3.38. The Hall–Kier alpha value is -3.49. The van der Waals surface area contributed by atoms with Gasteiger partial charge in [0.1, 0.15) is 22.0 Å². The first kappa shape index (κ1) is 18.5. The van der Waals surface area contributed by atoms with E-state index in [0.29, 0.717) is 12.1 Å². The molecule has 0 atom stereocenters. The molecule has 0 unspecified atom stereocenters. The number of benzene rings is 3.